The Balaban J connectivity index is 1.60. The van der Waals surface area contributed by atoms with Gasteiger partial charge in [-0.25, -0.2) is 4.98 Å². The van der Waals surface area contributed by atoms with Crippen LogP contribution in [0, 0.1) is 0 Å². The summed E-state index contributed by atoms with van der Waals surface area (Å²) in [4.78, 5) is 17.7. The summed E-state index contributed by atoms with van der Waals surface area (Å²) in [6.45, 7) is 0. The molecule has 29 heavy (non-hydrogen) atoms. The molecule has 0 unspecified atom stereocenters. The van der Waals surface area contributed by atoms with E-state index in [-0.39, 0.29) is 5.91 Å². The van der Waals surface area contributed by atoms with Crippen molar-refractivity contribution in [3.63, 3.8) is 0 Å². The van der Waals surface area contributed by atoms with Crippen LogP contribution >= 0.6 is 34.5 Å². The summed E-state index contributed by atoms with van der Waals surface area (Å²) in [5.41, 5.74) is 3.44. The minimum Gasteiger partial charge on any atom is -0.301 e. The lowest BCUT2D eigenvalue weighted by Gasteiger charge is -2.17. The summed E-state index contributed by atoms with van der Waals surface area (Å²) in [5.74, 6) is -0.549. The van der Waals surface area contributed by atoms with Crippen molar-refractivity contribution in [3.05, 3.63) is 105 Å². The number of hydrogen-bond donors (Lipinski definition) is 1. The molecule has 0 saturated carbocycles. The topological polar surface area (TPSA) is 42.0 Å². The summed E-state index contributed by atoms with van der Waals surface area (Å²) < 4.78 is 0. The average Bonchev–Trinajstić information content (AvgIpc) is 3.20. The van der Waals surface area contributed by atoms with E-state index in [4.69, 9.17) is 23.2 Å². The molecule has 0 aliphatic heterocycles. The Labute approximate surface area is 183 Å². The van der Waals surface area contributed by atoms with Gasteiger partial charge in [-0.05, 0) is 23.3 Å². The highest BCUT2D eigenvalue weighted by molar-refractivity contribution is 7.14. The van der Waals surface area contributed by atoms with E-state index < -0.39 is 5.92 Å². The molecule has 1 amide bonds. The monoisotopic (exact) mass is 438 g/mol. The highest BCUT2D eigenvalue weighted by Crippen LogP contribution is 2.32. The summed E-state index contributed by atoms with van der Waals surface area (Å²) in [6.07, 6.45) is 0. The maximum atomic E-state index is 13.2. The number of anilines is 1. The fourth-order valence-electron chi connectivity index (χ4n) is 3.08. The number of nitrogens with one attached hydrogen (secondary N) is 1. The van der Waals surface area contributed by atoms with Gasteiger partial charge in [-0.15, -0.1) is 11.3 Å². The summed E-state index contributed by atoms with van der Waals surface area (Å²) in [5, 5.41) is 6.35. The van der Waals surface area contributed by atoms with Crippen molar-refractivity contribution in [2.75, 3.05) is 5.32 Å². The first kappa shape index (κ1) is 19.6. The maximum absolute atomic E-state index is 13.2. The molecule has 1 heterocycles. The summed E-state index contributed by atoms with van der Waals surface area (Å²) in [7, 11) is 0. The van der Waals surface area contributed by atoms with Gasteiger partial charge in [0.05, 0.1) is 21.7 Å². The maximum Gasteiger partial charge on any atom is 0.238 e. The molecular formula is C23H16Cl2N2OS. The second-order valence-corrected chi connectivity index (χ2v) is 8.08. The second-order valence-electron chi connectivity index (χ2n) is 6.41. The van der Waals surface area contributed by atoms with Crippen LogP contribution in [0.25, 0.3) is 11.3 Å². The molecule has 0 spiro atoms. The van der Waals surface area contributed by atoms with Gasteiger partial charge in [0.15, 0.2) is 5.13 Å². The van der Waals surface area contributed by atoms with Crippen LogP contribution in [0.15, 0.2) is 84.2 Å². The van der Waals surface area contributed by atoms with Crippen LogP contribution in [0.4, 0.5) is 5.13 Å². The van der Waals surface area contributed by atoms with Crippen LogP contribution in [0.3, 0.4) is 0 Å². The molecular weight excluding hydrogens is 423 g/mol. The number of halogens is 2. The largest absolute Gasteiger partial charge is 0.301 e. The van der Waals surface area contributed by atoms with Gasteiger partial charge >= 0.3 is 0 Å². The van der Waals surface area contributed by atoms with E-state index in [0.29, 0.717) is 15.2 Å². The van der Waals surface area contributed by atoms with Gasteiger partial charge in [-0.2, -0.15) is 0 Å². The zero-order valence-corrected chi connectivity index (χ0v) is 17.5. The highest BCUT2D eigenvalue weighted by atomic mass is 35.5. The molecule has 0 fully saturated rings. The van der Waals surface area contributed by atoms with Crippen molar-refractivity contribution in [1.29, 1.82) is 0 Å². The first-order chi connectivity index (χ1) is 14.1. The fourth-order valence-corrected chi connectivity index (χ4v) is 4.10. The van der Waals surface area contributed by atoms with Crippen molar-refractivity contribution in [1.82, 2.24) is 4.98 Å². The minimum atomic E-state index is -0.422. The van der Waals surface area contributed by atoms with E-state index in [2.05, 4.69) is 10.3 Å². The van der Waals surface area contributed by atoms with Gasteiger partial charge in [-0.3, -0.25) is 4.79 Å². The number of thiazole rings is 1. The van der Waals surface area contributed by atoms with Crippen molar-refractivity contribution in [2.24, 2.45) is 0 Å². The van der Waals surface area contributed by atoms with Crippen molar-refractivity contribution < 1.29 is 4.79 Å². The molecule has 0 saturated heterocycles. The van der Waals surface area contributed by atoms with Crippen LogP contribution < -0.4 is 5.32 Å². The first-order valence-corrected chi connectivity index (χ1v) is 10.6. The standard InChI is InChI=1S/C23H16Cl2N2OS/c24-18-12-11-17(13-19(18)25)20-14-29-23(26-20)27-22(28)21(15-7-3-1-4-8-15)16-9-5-2-6-10-16/h1-14,21H,(H,26,27,28). The lowest BCUT2D eigenvalue weighted by atomic mass is 9.90. The molecule has 1 N–H and O–H groups in total. The number of nitrogens with zero attached hydrogens (tertiary/aromatic N) is 1. The lowest BCUT2D eigenvalue weighted by Crippen LogP contribution is -2.22. The zero-order chi connectivity index (χ0) is 20.2. The third-order valence-electron chi connectivity index (χ3n) is 4.48. The molecule has 0 aliphatic rings. The summed E-state index contributed by atoms with van der Waals surface area (Å²) in [6, 6.07) is 24.8. The quantitative estimate of drug-likeness (QED) is 0.368. The number of amides is 1. The molecule has 6 heteroatoms. The molecule has 1 aromatic heterocycles. The predicted octanol–water partition coefficient (Wildman–Crippen LogP) is 6.89. The molecule has 0 atom stereocenters. The predicted molar refractivity (Wildman–Crippen MR) is 121 cm³/mol. The highest BCUT2D eigenvalue weighted by Gasteiger charge is 2.23. The molecule has 3 aromatic carbocycles. The molecule has 4 rings (SSSR count). The van der Waals surface area contributed by atoms with E-state index in [9.17, 15) is 4.79 Å². The number of benzene rings is 3. The van der Waals surface area contributed by atoms with Gasteiger partial charge in [0.1, 0.15) is 0 Å². The molecule has 0 bridgehead atoms. The molecule has 0 aliphatic carbocycles. The third-order valence-corrected chi connectivity index (χ3v) is 5.97. The number of carbonyl (C=O) groups excluding carboxylic acids is 1. The Morgan fingerprint density at radius 2 is 1.48 bits per heavy atom. The SMILES string of the molecule is O=C(Nc1nc(-c2ccc(Cl)c(Cl)c2)cs1)C(c1ccccc1)c1ccccc1. The Bertz CT molecular complexity index is 1090. The van der Waals surface area contributed by atoms with Gasteiger partial charge in [0.25, 0.3) is 0 Å². The van der Waals surface area contributed by atoms with E-state index >= 15 is 0 Å². The minimum absolute atomic E-state index is 0.127. The molecule has 144 valence electrons. The van der Waals surface area contributed by atoms with Gasteiger partial charge in [-0.1, -0.05) is 89.9 Å². The Hall–Kier alpha value is -2.66. The van der Waals surface area contributed by atoms with E-state index in [1.54, 1.807) is 12.1 Å². The summed E-state index contributed by atoms with van der Waals surface area (Å²) >= 11 is 13.5. The molecule has 4 aromatic rings. The van der Waals surface area contributed by atoms with Crippen molar-refractivity contribution in [2.45, 2.75) is 5.92 Å². The van der Waals surface area contributed by atoms with E-state index in [0.717, 1.165) is 22.4 Å². The number of aromatic nitrogens is 1. The van der Waals surface area contributed by atoms with Crippen molar-refractivity contribution >= 4 is 45.6 Å². The average molecular weight is 439 g/mol. The second kappa shape index (κ2) is 8.78. The molecule has 3 nitrogen and oxygen atoms in total. The van der Waals surface area contributed by atoms with Crippen molar-refractivity contribution in [3.8, 4) is 11.3 Å². The number of hydrogen-bond acceptors (Lipinski definition) is 3. The first-order valence-electron chi connectivity index (χ1n) is 8.93. The Kier molecular flexibility index (Phi) is 5.95. The Morgan fingerprint density at radius 3 is 2.07 bits per heavy atom. The lowest BCUT2D eigenvalue weighted by molar-refractivity contribution is -0.116. The smallest absolute Gasteiger partial charge is 0.238 e. The molecule has 0 radical (unpaired) electrons. The van der Waals surface area contributed by atoms with E-state index in [1.165, 1.54) is 11.3 Å². The van der Waals surface area contributed by atoms with E-state index in [1.807, 2.05) is 72.1 Å². The van der Waals surface area contributed by atoms with Gasteiger partial charge in [0.2, 0.25) is 5.91 Å². The zero-order valence-electron chi connectivity index (χ0n) is 15.2. The number of rotatable bonds is 5. The van der Waals surface area contributed by atoms with Crippen LogP contribution in [-0.2, 0) is 4.79 Å². The third kappa shape index (κ3) is 4.51. The number of carbonyl (C=O) groups is 1. The van der Waals surface area contributed by atoms with Gasteiger partial charge < -0.3 is 5.32 Å². The van der Waals surface area contributed by atoms with Crippen LogP contribution in [0.2, 0.25) is 10.0 Å². The van der Waals surface area contributed by atoms with Crippen LogP contribution in [0.1, 0.15) is 17.0 Å². The van der Waals surface area contributed by atoms with Crippen LogP contribution in [0.5, 0.6) is 0 Å². The normalized spacial score (nSPS) is 10.9. The van der Waals surface area contributed by atoms with Gasteiger partial charge in [0, 0.05) is 10.9 Å². The Morgan fingerprint density at radius 1 is 0.862 bits per heavy atom. The fraction of sp³-hybridized carbons (Fsp3) is 0.0435. The van der Waals surface area contributed by atoms with Crippen LogP contribution in [-0.4, -0.2) is 10.9 Å².